The Kier molecular flexibility index (Phi) is 5.14. The van der Waals surface area contributed by atoms with Crippen molar-refractivity contribution in [2.75, 3.05) is 0 Å². The van der Waals surface area contributed by atoms with E-state index in [4.69, 9.17) is 9.57 Å². The van der Waals surface area contributed by atoms with Gasteiger partial charge in [0.2, 0.25) is 6.23 Å². The highest BCUT2D eigenvalue weighted by molar-refractivity contribution is 5.89. The molecule has 0 aliphatic carbocycles. The van der Waals surface area contributed by atoms with Crippen LogP contribution in [0, 0.1) is 5.92 Å². The van der Waals surface area contributed by atoms with Crippen LogP contribution in [0.2, 0.25) is 0 Å². The van der Waals surface area contributed by atoms with Gasteiger partial charge in [0.05, 0.1) is 5.56 Å². The molecule has 1 fully saturated rings. The van der Waals surface area contributed by atoms with Crippen molar-refractivity contribution in [3.8, 4) is 0 Å². The second-order valence-corrected chi connectivity index (χ2v) is 6.13. The molecular weight excluding hydrogens is 318 g/mol. The van der Waals surface area contributed by atoms with E-state index >= 15 is 0 Å². The molecule has 0 aromatic heterocycles. The van der Waals surface area contributed by atoms with E-state index in [1.165, 1.54) is 5.06 Å². The van der Waals surface area contributed by atoms with E-state index in [2.05, 4.69) is 0 Å². The van der Waals surface area contributed by atoms with E-state index in [1.807, 2.05) is 50.2 Å². The first-order valence-corrected chi connectivity index (χ1v) is 8.43. The number of carbonyl (C=O) groups is 2. The minimum Gasteiger partial charge on any atom is -0.438 e. The van der Waals surface area contributed by atoms with Crippen molar-refractivity contribution in [2.45, 2.75) is 32.5 Å². The lowest BCUT2D eigenvalue weighted by atomic mass is 9.99. The molecule has 5 nitrogen and oxygen atoms in total. The van der Waals surface area contributed by atoms with Gasteiger partial charge in [0.15, 0.2) is 6.04 Å². The molecule has 2 aromatic carbocycles. The lowest BCUT2D eigenvalue weighted by Gasteiger charge is -2.27. The van der Waals surface area contributed by atoms with Crippen molar-refractivity contribution in [2.24, 2.45) is 5.92 Å². The number of rotatable bonds is 5. The predicted molar refractivity (Wildman–Crippen MR) is 92.2 cm³/mol. The molecule has 1 saturated heterocycles. The summed E-state index contributed by atoms with van der Waals surface area (Å²) < 4.78 is 5.54. The number of hydrogen-bond acceptors (Lipinski definition) is 5. The Morgan fingerprint density at radius 1 is 1.12 bits per heavy atom. The molecule has 3 rings (SSSR count). The van der Waals surface area contributed by atoms with Gasteiger partial charge >= 0.3 is 11.9 Å². The minimum atomic E-state index is -0.736. The number of esters is 1. The maximum Gasteiger partial charge on any atom is 0.357 e. The van der Waals surface area contributed by atoms with Crippen LogP contribution in [0.5, 0.6) is 0 Å². The summed E-state index contributed by atoms with van der Waals surface area (Å²) in [5.41, 5.74) is 1.19. The highest BCUT2D eigenvalue weighted by Gasteiger charge is 2.48. The fraction of sp³-hybridized carbons (Fsp3) is 0.300. The van der Waals surface area contributed by atoms with E-state index in [0.717, 1.165) is 12.0 Å². The fourth-order valence-electron chi connectivity index (χ4n) is 2.85. The van der Waals surface area contributed by atoms with Crippen molar-refractivity contribution < 1.29 is 19.2 Å². The summed E-state index contributed by atoms with van der Waals surface area (Å²) in [4.78, 5) is 30.6. The van der Waals surface area contributed by atoms with E-state index in [0.29, 0.717) is 5.56 Å². The molecule has 25 heavy (non-hydrogen) atoms. The zero-order chi connectivity index (χ0) is 17.8. The average Bonchev–Trinajstić information content (AvgIpc) is 2.98. The lowest BCUT2D eigenvalue weighted by molar-refractivity contribution is -0.184. The van der Waals surface area contributed by atoms with Crippen molar-refractivity contribution >= 4 is 11.9 Å². The van der Waals surface area contributed by atoms with Gasteiger partial charge in [-0.3, -0.25) is 4.79 Å². The first-order chi connectivity index (χ1) is 12.1. The smallest absolute Gasteiger partial charge is 0.357 e. The topological polar surface area (TPSA) is 55.8 Å². The lowest BCUT2D eigenvalue weighted by Crippen LogP contribution is -2.40. The summed E-state index contributed by atoms with van der Waals surface area (Å²) in [5.74, 6) is -0.887. The van der Waals surface area contributed by atoms with Crippen LogP contribution < -0.4 is 0 Å². The molecule has 2 aromatic rings. The van der Waals surface area contributed by atoms with Crippen LogP contribution in [0.1, 0.15) is 42.4 Å². The van der Waals surface area contributed by atoms with Crippen LogP contribution >= 0.6 is 0 Å². The predicted octanol–water partition coefficient (Wildman–Crippen LogP) is 3.73. The number of cyclic esters (lactones) is 1. The largest absolute Gasteiger partial charge is 0.438 e. The third kappa shape index (κ3) is 3.56. The van der Waals surface area contributed by atoms with Gasteiger partial charge in [0.1, 0.15) is 0 Å². The Labute approximate surface area is 147 Å². The molecule has 0 spiro atoms. The molecule has 0 saturated carbocycles. The standard InChI is InChI=1S/C20H21NO4/c1-3-14(2)17-20(23)24-18(15-10-6-4-7-11-15)21(17)25-19(22)16-12-8-5-9-13-16/h4-14,17-18H,3H2,1-2H3/t14?,17-,18?/m0/s1. The Hall–Kier alpha value is -2.66. The maximum absolute atomic E-state index is 12.5. The summed E-state index contributed by atoms with van der Waals surface area (Å²) >= 11 is 0. The summed E-state index contributed by atoms with van der Waals surface area (Å²) in [6, 6.07) is 17.4. The Balaban J connectivity index is 1.90. The van der Waals surface area contributed by atoms with Gasteiger partial charge in [-0.25, -0.2) is 4.79 Å². The van der Waals surface area contributed by atoms with Gasteiger partial charge in [-0.1, -0.05) is 73.9 Å². The molecule has 0 N–H and O–H groups in total. The molecule has 1 heterocycles. The minimum absolute atomic E-state index is 0.00946. The summed E-state index contributed by atoms with van der Waals surface area (Å²) in [7, 11) is 0. The molecule has 1 aliphatic rings. The van der Waals surface area contributed by atoms with Gasteiger partial charge in [0.25, 0.3) is 0 Å². The normalized spacial score (nSPS) is 21.6. The number of ether oxygens (including phenoxy) is 1. The Bertz CT molecular complexity index is 732. The monoisotopic (exact) mass is 339 g/mol. The molecule has 0 radical (unpaired) electrons. The van der Waals surface area contributed by atoms with Gasteiger partial charge in [-0.2, -0.15) is 0 Å². The molecule has 5 heteroatoms. The molecule has 2 unspecified atom stereocenters. The van der Waals surface area contributed by atoms with E-state index in [1.54, 1.807) is 24.3 Å². The zero-order valence-corrected chi connectivity index (χ0v) is 14.3. The molecule has 3 atom stereocenters. The van der Waals surface area contributed by atoms with Crippen molar-refractivity contribution in [3.63, 3.8) is 0 Å². The highest BCUT2D eigenvalue weighted by Crippen LogP contribution is 2.36. The average molecular weight is 339 g/mol. The molecule has 1 aliphatic heterocycles. The van der Waals surface area contributed by atoms with Crippen molar-refractivity contribution in [1.29, 1.82) is 0 Å². The molecule has 0 bridgehead atoms. The van der Waals surface area contributed by atoms with Crippen LogP contribution in [-0.4, -0.2) is 23.0 Å². The number of hydroxylamine groups is 2. The first-order valence-electron chi connectivity index (χ1n) is 8.43. The molecule has 130 valence electrons. The number of benzene rings is 2. The number of hydrogen-bond donors (Lipinski definition) is 0. The van der Waals surface area contributed by atoms with Gasteiger partial charge < -0.3 is 9.57 Å². The van der Waals surface area contributed by atoms with Crippen LogP contribution in [0.25, 0.3) is 0 Å². The third-order valence-electron chi connectivity index (χ3n) is 4.44. The zero-order valence-electron chi connectivity index (χ0n) is 14.3. The number of carbonyl (C=O) groups excluding carboxylic acids is 2. The maximum atomic E-state index is 12.5. The summed E-state index contributed by atoms with van der Waals surface area (Å²) in [5, 5.41) is 1.40. The summed E-state index contributed by atoms with van der Waals surface area (Å²) in [6.45, 7) is 3.94. The van der Waals surface area contributed by atoms with Crippen LogP contribution in [0.3, 0.4) is 0 Å². The second-order valence-electron chi connectivity index (χ2n) is 6.13. The third-order valence-corrected chi connectivity index (χ3v) is 4.44. The van der Waals surface area contributed by atoms with Gasteiger partial charge in [-0.05, 0) is 18.1 Å². The Morgan fingerprint density at radius 2 is 1.72 bits per heavy atom. The van der Waals surface area contributed by atoms with Crippen LogP contribution in [0.15, 0.2) is 60.7 Å². The molecular formula is C20H21NO4. The van der Waals surface area contributed by atoms with Gasteiger partial charge in [-0.15, -0.1) is 0 Å². The van der Waals surface area contributed by atoms with E-state index in [9.17, 15) is 9.59 Å². The quantitative estimate of drug-likeness (QED) is 0.777. The first kappa shape index (κ1) is 17.2. The SMILES string of the molecule is CCC(C)[C@H]1C(=O)OC(c2ccccc2)N1OC(=O)c1ccccc1. The number of nitrogens with zero attached hydrogens (tertiary/aromatic N) is 1. The van der Waals surface area contributed by atoms with Crippen molar-refractivity contribution in [3.05, 3.63) is 71.8 Å². The highest BCUT2D eigenvalue weighted by atomic mass is 16.8. The summed E-state index contributed by atoms with van der Waals surface area (Å²) in [6.07, 6.45) is 0.0288. The van der Waals surface area contributed by atoms with Gasteiger partial charge in [0, 0.05) is 5.56 Å². The van der Waals surface area contributed by atoms with Crippen LogP contribution in [0.4, 0.5) is 0 Å². The van der Waals surface area contributed by atoms with Crippen molar-refractivity contribution in [1.82, 2.24) is 5.06 Å². The fourth-order valence-corrected chi connectivity index (χ4v) is 2.85. The Morgan fingerprint density at radius 3 is 2.32 bits per heavy atom. The van der Waals surface area contributed by atoms with E-state index in [-0.39, 0.29) is 11.9 Å². The second kappa shape index (κ2) is 7.49. The molecule has 0 amide bonds. The van der Waals surface area contributed by atoms with E-state index < -0.39 is 18.2 Å². The van der Waals surface area contributed by atoms with Crippen LogP contribution in [-0.2, 0) is 14.4 Å².